The van der Waals surface area contributed by atoms with E-state index >= 15 is 0 Å². The standard InChI is InChI=1S/C7H13NO2S/c9-7(10)6(4-11)5-1-2-8-3-5/h5-6,8,11H,1-4H2,(H,9,10). The highest BCUT2D eigenvalue weighted by Crippen LogP contribution is 2.20. The number of nitrogens with one attached hydrogen (secondary N) is 1. The Labute approximate surface area is 71.6 Å². The number of carboxylic acids is 1. The molecule has 11 heavy (non-hydrogen) atoms. The molecular weight excluding hydrogens is 162 g/mol. The maximum Gasteiger partial charge on any atom is 0.307 e. The summed E-state index contributed by atoms with van der Waals surface area (Å²) in [5, 5.41) is 11.9. The topological polar surface area (TPSA) is 49.3 Å². The second kappa shape index (κ2) is 3.97. The van der Waals surface area contributed by atoms with Gasteiger partial charge in [0.2, 0.25) is 0 Å². The molecule has 0 amide bonds. The summed E-state index contributed by atoms with van der Waals surface area (Å²) in [5.41, 5.74) is 0. The van der Waals surface area contributed by atoms with Gasteiger partial charge in [-0.15, -0.1) is 0 Å². The molecule has 0 aromatic rings. The van der Waals surface area contributed by atoms with E-state index < -0.39 is 5.97 Å². The van der Waals surface area contributed by atoms with Gasteiger partial charge in [-0.25, -0.2) is 0 Å². The maximum atomic E-state index is 10.6. The van der Waals surface area contributed by atoms with Gasteiger partial charge in [0, 0.05) is 5.75 Å². The fraction of sp³-hybridized carbons (Fsp3) is 0.857. The van der Waals surface area contributed by atoms with Crippen molar-refractivity contribution in [1.29, 1.82) is 0 Å². The van der Waals surface area contributed by atoms with E-state index in [1.807, 2.05) is 0 Å². The molecule has 0 aromatic carbocycles. The molecule has 4 heteroatoms. The van der Waals surface area contributed by atoms with Gasteiger partial charge < -0.3 is 10.4 Å². The number of hydrogen-bond donors (Lipinski definition) is 3. The first kappa shape index (κ1) is 8.87. The first-order valence-corrected chi connectivity index (χ1v) is 4.43. The SMILES string of the molecule is O=C(O)C(CS)C1CCNC1. The van der Waals surface area contributed by atoms with Crippen LogP contribution >= 0.6 is 12.6 Å². The van der Waals surface area contributed by atoms with Crippen molar-refractivity contribution in [2.75, 3.05) is 18.8 Å². The Bertz CT molecular complexity index is 145. The number of carboxylic acid groups (broad SMARTS) is 1. The number of thiol groups is 1. The number of rotatable bonds is 3. The monoisotopic (exact) mass is 175 g/mol. The van der Waals surface area contributed by atoms with Gasteiger partial charge in [0.25, 0.3) is 0 Å². The van der Waals surface area contributed by atoms with Crippen molar-refractivity contribution >= 4 is 18.6 Å². The Balaban J connectivity index is 2.46. The maximum absolute atomic E-state index is 10.6. The molecule has 0 saturated carbocycles. The van der Waals surface area contributed by atoms with Gasteiger partial charge in [-0.05, 0) is 25.4 Å². The lowest BCUT2D eigenvalue weighted by Crippen LogP contribution is -2.26. The van der Waals surface area contributed by atoms with Gasteiger partial charge in [0.05, 0.1) is 5.92 Å². The lowest BCUT2D eigenvalue weighted by Gasteiger charge is -2.15. The van der Waals surface area contributed by atoms with Crippen LogP contribution in [0.5, 0.6) is 0 Å². The van der Waals surface area contributed by atoms with Crippen molar-refractivity contribution in [3.63, 3.8) is 0 Å². The second-order valence-corrected chi connectivity index (χ2v) is 3.25. The van der Waals surface area contributed by atoms with E-state index in [1.54, 1.807) is 0 Å². The molecule has 64 valence electrons. The third kappa shape index (κ3) is 2.10. The van der Waals surface area contributed by atoms with Crippen molar-refractivity contribution < 1.29 is 9.90 Å². The zero-order chi connectivity index (χ0) is 8.27. The molecule has 2 unspecified atom stereocenters. The molecule has 1 aliphatic heterocycles. The molecule has 0 spiro atoms. The Hall–Kier alpha value is -0.220. The third-order valence-corrected chi connectivity index (χ3v) is 2.57. The van der Waals surface area contributed by atoms with E-state index in [0.717, 1.165) is 19.5 Å². The van der Waals surface area contributed by atoms with Crippen molar-refractivity contribution in [3.8, 4) is 0 Å². The zero-order valence-electron chi connectivity index (χ0n) is 6.29. The van der Waals surface area contributed by atoms with Gasteiger partial charge in [-0.2, -0.15) is 12.6 Å². The fourth-order valence-electron chi connectivity index (χ4n) is 1.45. The van der Waals surface area contributed by atoms with Crippen LogP contribution < -0.4 is 5.32 Å². The van der Waals surface area contributed by atoms with E-state index in [1.165, 1.54) is 0 Å². The van der Waals surface area contributed by atoms with Crippen LogP contribution in [0.2, 0.25) is 0 Å². The molecule has 0 radical (unpaired) electrons. The molecule has 0 bridgehead atoms. The highest BCUT2D eigenvalue weighted by atomic mass is 32.1. The first-order valence-electron chi connectivity index (χ1n) is 3.80. The Morgan fingerprint density at radius 1 is 1.82 bits per heavy atom. The summed E-state index contributed by atoms with van der Waals surface area (Å²) in [7, 11) is 0. The van der Waals surface area contributed by atoms with E-state index in [-0.39, 0.29) is 11.8 Å². The lowest BCUT2D eigenvalue weighted by molar-refractivity contribution is -0.142. The van der Waals surface area contributed by atoms with Gasteiger partial charge >= 0.3 is 5.97 Å². The highest BCUT2D eigenvalue weighted by molar-refractivity contribution is 7.80. The van der Waals surface area contributed by atoms with Gasteiger partial charge in [-0.3, -0.25) is 4.79 Å². The Morgan fingerprint density at radius 3 is 2.91 bits per heavy atom. The molecule has 1 rings (SSSR count). The van der Waals surface area contributed by atoms with Crippen LogP contribution in [0.4, 0.5) is 0 Å². The van der Waals surface area contributed by atoms with Gasteiger partial charge in [0.15, 0.2) is 0 Å². The summed E-state index contributed by atoms with van der Waals surface area (Å²) >= 11 is 4.02. The first-order chi connectivity index (χ1) is 5.25. The van der Waals surface area contributed by atoms with Crippen molar-refractivity contribution in [2.45, 2.75) is 6.42 Å². The second-order valence-electron chi connectivity index (χ2n) is 2.88. The number of carbonyl (C=O) groups is 1. The minimum absolute atomic E-state index is 0.270. The van der Waals surface area contributed by atoms with Crippen LogP contribution in [0, 0.1) is 11.8 Å². The molecule has 1 saturated heterocycles. The summed E-state index contributed by atoms with van der Waals surface area (Å²) in [6.45, 7) is 1.78. The quantitative estimate of drug-likeness (QED) is 0.538. The van der Waals surface area contributed by atoms with Crippen LogP contribution in [0.3, 0.4) is 0 Å². The molecule has 0 aromatic heterocycles. The molecule has 1 heterocycles. The fourth-order valence-corrected chi connectivity index (χ4v) is 1.90. The summed E-state index contributed by atoms with van der Waals surface area (Å²) in [5.74, 6) is -0.256. The van der Waals surface area contributed by atoms with E-state index in [4.69, 9.17) is 5.11 Å². The molecule has 0 aliphatic carbocycles. The average Bonchev–Trinajstić information content (AvgIpc) is 2.40. The zero-order valence-corrected chi connectivity index (χ0v) is 7.18. The van der Waals surface area contributed by atoms with Crippen molar-refractivity contribution in [3.05, 3.63) is 0 Å². The summed E-state index contributed by atoms with van der Waals surface area (Å²) in [6.07, 6.45) is 0.970. The largest absolute Gasteiger partial charge is 0.481 e. The third-order valence-electron chi connectivity index (χ3n) is 2.18. The minimum atomic E-state index is -0.714. The van der Waals surface area contributed by atoms with E-state index in [2.05, 4.69) is 17.9 Å². The molecule has 2 N–H and O–H groups in total. The van der Waals surface area contributed by atoms with E-state index in [9.17, 15) is 4.79 Å². The molecule has 2 atom stereocenters. The van der Waals surface area contributed by atoms with Crippen molar-refractivity contribution in [1.82, 2.24) is 5.32 Å². The number of aliphatic carboxylic acids is 1. The predicted octanol–water partition coefficient (Wildman–Crippen LogP) is 0.226. The van der Waals surface area contributed by atoms with Crippen LogP contribution in [0.25, 0.3) is 0 Å². The molecule has 3 nitrogen and oxygen atoms in total. The summed E-state index contributed by atoms with van der Waals surface area (Å²) in [4.78, 5) is 10.6. The van der Waals surface area contributed by atoms with Gasteiger partial charge in [0.1, 0.15) is 0 Å². The van der Waals surface area contributed by atoms with E-state index in [0.29, 0.717) is 5.75 Å². The van der Waals surface area contributed by atoms with Gasteiger partial charge in [-0.1, -0.05) is 0 Å². The Morgan fingerprint density at radius 2 is 2.55 bits per heavy atom. The van der Waals surface area contributed by atoms with Crippen LogP contribution in [0.15, 0.2) is 0 Å². The normalized spacial score (nSPS) is 26.8. The highest BCUT2D eigenvalue weighted by Gasteiger charge is 2.28. The molecule has 1 aliphatic rings. The summed E-state index contributed by atoms with van der Waals surface area (Å²) in [6, 6.07) is 0. The molecule has 1 fully saturated rings. The predicted molar refractivity (Wildman–Crippen MR) is 46.0 cm³/mol. The van der Waals surface area contributed by atoms with Crippen LogP contribution in [-0.4, -0.2) is 29.9 Å². The smallest absolute Gasteiger partial charge is 0.307 e. The van der Waals surface area contributed by atoms with Crippen LogP contribution in [-0.2, 0) is 4.79 Å². The summed E-state index contributed by atoms with van der Waals surface area (Å²) < 4.78 is 0. The Kier molecular flexibility index (Phi) is 3.20. The minimum Gasteiger partial charge on any atom is -0.481 e. The average molecular weight is 175 g/mol. The number of hydrogen-bond acceptors (Lipinski definition) is 3. The lowest BCUT2D eigenvalue weighted by atomic mass is 9.93. The molecular formula is C7H13NO2S. The van der Waals surface area contributed by atoms with Crippen LogP contribution in [0.1, 0.15) is 6.42 Å². The van der Waals surface area contributed by atoms with Crippen molar-refractivity contribution in [2.24, 2.45) is 11.8 Å².